The van der Waals surface area contributed by atoms with Crippen LogP contribution < -0.4 is 0 Å². The van der Waals surface area contributed by atoms with Gasteiger partial charge in [-0.1, -0.05) is 29.8 Å². The Morgan fingerprint density at radius 2 is 0.977 bits per heavy atom. The van der Waals surface area contributed by atoms with Gasteiger partial charge < -0.3 is 30.4 Å². The van der Waals surface area contributed by atoms with Gasteiger partial charge in [0.25, 0.3) is 0 Å². The lowest BCUT2D eigenvalue weighted by molar-refractivity contribution is -0.143. The highest BCUT2D eigenvalue weighted by Crippen LogP contribution is 2.15. The zero-order valence-corrected chi connectivity index (χ0v) is 25.2. The van der Waals surface area contributed by atoms with Crippen LogP contribution in [0, 0.1) is 12.8 Å². The molecule has 1 aromatic rings. The Kier molecular flexibility index (Phi) is 15.7. The van der Waals surface area contributed by atoms with Gasteiger partial charge in [0.05, 0.1) is 32.7 Å². The normalized spacial score (nSPS) is 17.4. The van der Waals surface area contributed by atoms with E-state index in [0.717, 1.165) is 11.1 Å². The second-order valence-electron chi connectivity index (χ2n) is 11.3. The minimum absolute atomic E-state index is 0.185. The molecule has 15 heteroatoms. The van der Waals surface area contributed by atoms with Crippen LogP contribution in [0.25, 0.3) is 0 Å². The molecule has 246 valence electrons. The molecular weight excluding hydrogens is 578 g/mol. The first-order chi connectivity index (χ1) is 20.8. The molecule has 1 aliphatic heterocycles. The fraction of sp³-hybridized carbons (Fsp3) is 0.621. The monoisotopic (exact) mass is 623 g/mol. The first-order valence-electron chi connectivity index (χ1n) is 14.5. The standard InChI is InChI=1S/C29H45N5O10/c1-22-2-4-23(5-3-22)14-24(16-34(20-28(41)42)21-29(43)44)15-30-6-8-31(17-25(35)36)10-12-33(19-27(39)40)13-11-32(9-7-30)18-26(37)38/h2-5,24H,6-21H2,1H3,(H,35,36)(H,37,38)(H,39,40)(H,41,42)(H,43,44). The van der Waals surface area contributed by atoms with Crippen molar-refractivity contribution in [3.63, 3.8) is 0 Å². The van der Waals surface area contributed by atoms with Crippen molar-refractivity contribution in [2.75, 3.05) is 98.2 Å². The molecule has 1 aliphatic rings. The van der Waals surface area contributed by atoms with Gasteiger partial charge in [-0.15, -0.1) is 0 Å². The summed E-state index contributed by atoms with van der Waals surface area (Å²) in [5.74, 6) is -5.55. The minimum Gasteiger partial charge on any atom is -0.480 e. The largest absolute Gasteiger partial charge is 0.480 e. The van der Waals surface area contributed by atoms with E-state index in [0.29, 0.717) is 52.2 Å². The molecule has 44 heavy (non-hydrogen) atoms. The van der Waals surface area contributed by atoms with E-state index < -0.39 is 42.9 Å². The van der Waals surface area contributed by atoms with Crippen LogP contribution in [0.2, 0.25) is 0 Å². The van der Waals surface area contributed by atoms with Gasteiger partial charge in [0.15, 0.2) is 0 Å². The summed E-state index contributed by atoms with van der Waals surface area (Å²) in [5, 5.41) is 47.1. The number of hydrogen-bond donors (Lipinski definition) is 5. The van der Waals surface area contributed by atoms with Crippen LogP contribution in [-0.2, 0) is 30.4 Å². The maximum atomic E-state index is 11.6. The first-order valence-corrected chi connectivity index (χ1v) is 14.5. The van der Waals surface area contributed by atoms with Crippen molar-refractivity contribution in [2.24, 2.45) is 5.92 Å². The van der Waals surface area contributed by atoms with E-state index in [1.807, 2.05) is 31.2 Å². The molecule has 0 amide bonds. The molecule has 0 aliphatic carbocycles. The van der Waals surface area contributed by atoms with Gasteiger partial charge in [-0.3, -0.25) is 43.6 Å². The van der Waals surface area contributed by atoms with Gasteiger partial charge in [-0.05, 0) is 24.8 Å². The summed E-state index contributed by atoms with van der Waals surface area (Å²) in [6.07, 6.45) is 0.536. The number of nitrogens with zero attached hydrogens (tertiary/aromatic N) is 5. The van der Waals surface area contributed by atoms with Gasteiger partial charge >= 0.3 is 29.8 Å². The van der Waals surface area contributed by atoms with Crippen LogP contribution in [0.1, 0.15) is 11.1 Å². The average molecular weight is 624 g/mol. The van der Waals surface area contributed by atoms with E-state index in [2.05, 4.69) is 4.90 Å². The lowest BCUT2D eigenvalue weighted by atomic mass is 9.97. The molecular formula is C29H45N5O10. The van der Waals surface area contributed by atoms with Crippen LogP contribution in [0.3, 0.4) is 0 Å². The molecule has 1 aromatic carbocycles. The average Bonchev–Trinajstić information content (AvgIpc) is 2.89. The molecule has 1 fully saturated rings. The molecule has 2 rings (SSSR count). The third-order valence-electron chi connectivity index (χ3n) is 7.40. The quantitative estimate of drug-likeness (QED) is 0.151. The van der Waals surface area contributed by atoms with Crippen molar-refractivity contribution in [1.82, 2.24) is 24.5 Å². The maximum absolute atomic E-state index is 11.6. The lowest BCUT2D eigenvalue weighted by Gasteiger charge is -2.35. The van der Waals surface area contributed by atoms with Crippen molar-refractivity contribution < 1.29 is 49.5 Å². The summed E-state index contributed by atoms with van der Waals surface area (Å²) >= 11 is 0. The summed E-state index contributed by atoms with van der Waals surface area (Å²) in [6.45, 7) is 3.64. The van der Waals surface area contributed by atoms with Gasteiger partial charge in [0, 0.05) is 65.4 Å². The van der Waals surface area contributed by atoms with Gasteiger partial charge in [0.1, 0.15) is 0 Å². The number of rotatable bonds is 16. The highest BCUT2D eigenvalue weighted by Gasteiger charge is 2.24. The molecule has 0 aromatic heterocycles. The maximum Gasteiger partial charge on any atom is 0.317 e. The minimum atomic E-state index is -1.14. The third kappa shape index (κ3) is 15.7. The van der Waals surface area contributed by atoms with Crippen LogP contribution in [0.15, 0.2) is 24.3 Å². The predicted molar refractivity (Wildman–Crippen MR) is 159 cm³/mol. The van der Waals surface area contributed by atoms with E-state index in [4.69, 9.17) is 0 Å². The lowest BCUT2D eigenvalue weighted by Crippen LogP contribution is -2.49. The topological polar surface area (TPSA) is 203 Å². The molecule has 1 unspecified atom stereocenters. The number of aryl methyl sites for hydroxylation is 1. The van der Waals surface area contributed by atoms with E-state index >= 15 is 0 Å². The van der Waals surface area contributed by atoms with Crippen molar-refractivity contribution in [3.8, 4) is 0 Å². The van der Waals surface area contributed by atoms with E-state index in [9.17, 15) is 49.5 Å². The fourth-order valence-electron chi connectivity index (χ4n) is 5.35. The summed E-state index contributed by atoms with van der Waals surface area (Å²) in [6, 6.07) is 7.89. The second-order valence-corrected chi connectivity index (χ2v) is 11.3. The summed E-state index contributed by atoms with van der Waals surface area (Å²) in [4.78, 5) is 66.3. The van der Waals surface area contributed by atoms with Crippen LogP contribution >= 0.6 is 0 Å². The summed E-state index contributed by atoms with van der Waals surface area (Å²) < 4.78 is 0. The van der Waals surface area contributed by atoms with Crippen LogP contribution in [0.5, 0.6) is 0 Å². The number of carbonyl (C=O) groups is 5. The van der Waals surface area contributed by atoms with Crippen molar-refractivity contribution in [2.45, 2.75) is 13.3 Å². The second kappa shape index (κ2) is 18.9. The third-order valence-corrected chi connectivity index (χ3v) is 7.40. The summed E-state index contributed by atoms with van der Waals surface area (Å²) in [5.41, 5.74) is 2.07. The van der Waals surface area contributed by atoms with Gasteiger partial charge in [0.2, 0.25) is 0 Å². The molecule has 5 N–H and O–H groups in total. The van der Waals surface area contributed by atoms with Gasteiger partial charge in [-0.25, -0.2) is 0 Å². The Morgan fingerprint density at radius 1 is 0.614 bits per heavy atom. The Labute approximate surface area is 256 Å². The zero-order chi connectivity index (χ0) is 32.6. The number of hydrogen-bond acceptors (Lipinski definition) is 10. The Bertz CT molecular complexity index is 1050. The molecule has 1 atom stereocenters. The summed E-state index contributed by atoms with van der Waals surface area (Å²) in [7, 11) is 0. The van der Waals surface area contributed by atoms with Gasteiger partial charge in [-0.2, -0.15) is 0 Å². The molecule has 1 saturated heterocycles. The molecule has 0 spiro atoms. The zero-order valence-electron chi connectivity index (χ0n) is 25.2. The van der Waals surface area contributed by atoms with Crippen LogP contribution in [0.4, 0.5) is 0 Å². The van der Waals surface area contributed by atoms with Crippen LogP contribution in [-0.4, -0.2) is 178 Å². The van der Waals surface area contributed by atoms with E-state index in [-0.39, 0.29) is 45.2 Å². The van der Waals surface area contributed by atoms with E-state index in [1.54, 1.807) is 14.7 Å². The smallest absolute Gasteiger partial charge is 0.317 e. The Morgan fingerprint density at radius 3 is 1.32 bits per heavy atom. The Balaban J connectivity index is 2.34. The molecule has 1 heterocycles. The predicted octanol–water partition coefficient (Wildman–Crippen LogP) is -0.900. The van der Waals surface area contributed by atoms with Crippen molar-refractivity contribution >= 4 is 29.8 Å². The SMILES string of the molecule is Cc1ccc(CC(CN2CCN(CC(=O)O)CCN(CC(=O)O)CCN(CC(=O)O)CC2)CN(CC(=O)O)CC(=O)O)cc1. The van der Waals surface area contributed by atoms with Crippen molar-refractivity contribution in [1.29, 1.82) is 0 Å². The molecule has 0 radical (unpaired) electrons. The fourth-order valence-corrected chi connectivity index (χ4v) is 5.35. The number of benzene rings is 1. The number of carboxylic acids is 5. The highest BCUT2D eigenvalue weighted by atomic mass is 16.4. The number of carboxylic acid groups (broad SMARTS) is 5. The first kappa shape index (κ1) is 36.6. The Hall–Kier alpha value is -3.63. The van der Waals surface area contributed by atoms with E-state index in [1.165, 1.54) is 4.90 Å². The molecule has 15 nitrogen and oxygen atoms in total. The molecule has 0 saturated carbocycles. The number of aliphatic carboxylic acids is 5. The molecule has 0 bridgehead atoms. The van der Waals surface area contributed by atoms with Crippen molar-refractivity contribution in [3.05, 3.63) is 35.4 Å². The highest BCUT2D eigenvalue weighted by molar-refractivity contribution is 5.72.